The van der Waals surface area contributed by atoms with E-state index in [0.29, 0.717) is 36.8 Å². The Bertz CT molecular complexity index is 1230. The van der Waals surface area contributed by atoms with Gasteiger partial charge >= 0.3 is 0 Å². The second kappa shape index (κ2) is 12.1. The molecule has 180 valence electrons. The third-order valence-electron chi connectivity index (χ3n) is 5.16. The molecule has 35 heavy (non-hydrogen) atoms. The van der Waals surface area contributed by atoms with Gasteiger partial charge in [-0.25, -0.2) is 0 Å². The van der Waals surface area contributed by atoms with Gasteiger partial charge in [0.15, 0.2) is 0 Å². The highest BCUT2D eigenvalue weighted by atomic mass is 32.1. The maximum Gasteiger partial charge on any atom is 0.248 e. The summed E-state index contributed by atoms with van der Waals surface area (Å²) in [5.41, 5.74) is 8.29. The number of carbonyl (C=O) groups excluding carboxylic acids is 1. The van der Waals surface area contributed by atoms with Gasteiger partial charge in [-0.2, -0.15) is 0 Å². The predicted octanol–water partition coefficient (Wildman–Crippen LogP) is 3.38. The Morgan fingerprint density at radius 1 is 1.00 bits per heavy atom. The number of aromatic nitrogens is 2. The molecule has 0 bridgehead atoms. The van der Waals surface area contributed by atoms with Crippen molar-refractivity contribution in [2.75, 3.05) is 26.3 Å². The summed E-state index contributed by atoms with van der Waals surface area (Å²) in [6.07, 6.45) is -0.708. The number of primary amides is 1. The Labute approximate surface area is 207 Å². The van der Waals surface area contributed by atoms with Gasteiger partial charge < -0.3 is 25.6 Å². The molecular weight excluding hydrogens is 464 g/mol. The van der Waals surface area contributed by atoms with Crippen molar-refractivity contribution in [1.82, 2.24) is 14.9 Å². The molecule has 1 atom stereocenters. The molecule has 0 aliphatic heterocycles. The van der Waals surface area contributed by atoms with Crippen LogP contribution in [0, 0.1) is 0 Å². The van der Waals surface area contributed by atoms with Crippen LogP contribution in [0.5, 0.6) is 11.5 Å². The number of rotatable bonds is 12. The highest BCUT2D eigenvalue weighted by molar-refractivity contribution is 7.09. The van der Waals surface area contributed by atoms with Crippen LogP contribution in [0.25, 0.3) is 21.7 Å². The minimum Gasteiger partial charge on any atom is -0.492 e. The molecule has 1 unspecified atom stereocenters. The molecule has 9 heteroatoms. The van der Waals surface area contributed by atoms with Gasteiger partial charge in [0.05, 0.1) is 4.88 Å². The smallest absolute Gasteiger partial charge is 0.248 e. The lowest BCUT2D eigenvalue weighted by Crippen LogP contribution is -2.33. The normalized spacial score (nSPS) is 11.7. The monoisotopic (exact) mass is 490 g/mol. The van der Waals surface area contributed by atoms with Crippen LogP contribution in [0.2, 0.25) is 0 Å². The summed E-state index contributed by atoms with van der Waals surface area (Å²) < 4.78 is 15.7. The Morgan fingerprint density at radius 2 is 1.74 bits per heavy atom. The molecule has 8 nitrogen and oxygen atoms in total. The van der Waals surface area contributed by atoms with E-state index in [9.17, 15) is 9.90 Å². The van der Waals surface area contributed by atoms with Crippen molar-refractivity contribution in [3.63, 3.8) is 0 Å². The number of para-hydroxylation sites is 1. The maximum absolute atomic E-state index is 11.1. The second-order valence-corrected chi connectivity index (χ2v) is 8.47. The number of nitrogens with zero attached hydrogens (tertiary/aromatic N) is 2. The van der Waals surface area contributed by atoms with E-state index in [1.807, 2.05) is 54.6 Å². The summed E-state index contributed by atoms with van der Waals surface area (Å²) in [6, 6.07) is 24.2. The van der Waals surface area contributed by atoms with Crippen LogP contribution in [-0.2, 0) is 0 Å². The van der Waals surface area contributed by atoms with Gasteiger partial charge in [-0.05, 0) is 53.5 Å². The summed E-state index contributed by atoms with van der Waals surface area (Å²) in [5.74, 6) is 0.805. The lowest BCUT2D eigenvalue weighted by Gasteiger charge is -2.15. The molecule has 0 aliphatic carbocycles. The van der Waals surface area contributed by atoms with Crippen LogP contribution in [0.15, 0.2) is 78.9 Å². The van der Waals surface area contributed by atoms with Crippen LogP contribution in [-0.4, -0.2) is 53.0 Å². The number of ether oxygens (including phenoxy) is 2. The predicted molar refractivity (Wildman–Crippen MR) is 136 cm³/mol. The number of amides is 1. The highest BCUT2D eigenvalue weighted by Gasteiger charge is 2.17. The molecule has 3 aromatic carbocycles. The zero-order valence-corrected chi connectivity index (χ0v) is 19.8. The Kier molecular flexibility index (Phi) is 8.39. The van der Waals surface area contributed by atoms with E-state index >= 15 is 0 Å². The van der Waals surface area contributed by atoms with Crippen LogP contribution in [0.4, 0.5) is 0 Å². The fourth-order valence-electron chi connectivity index (χ4n) is 3.40. The van der Waals surface area contributed by atoms with E-state index in [-0.39, 0.29) is 6.61 Å². The van der Waals surface area contributed by atoms with E-state index in [0.717, 1.165) is 21.7 Å². The van der Waals surface area contributed by atoms with Crippen LogP contribution < -0.4 is 20.5 Å². The van der Waals surface area contributed by atoms with E-state index in [4.69, 9.17) is 15.2 Å². The average molecular weight is 491 g/mol. The summed E-state index contributed by atoms with van der Waals surface area (Å²) in [5, 5.41) is 17.8. The van der Waals surface area contributed by atoms with E-state index in [1.165, 1.54) is 11.5 Å². The third kappa shape index (κ3) is 6.63. The van der Waals surface area contributed by atoms with Gasteiger partial charge in [-0.1, -0.05) is 47.0 Å². The molecule has 0 fully saturated rings. The summed E-state index contributed by atoms with van der Waals surface area (Å²) in [4.78, 5) is 12.1. The van der Waals surface area contributed by atoms with Gasteiger partial charge in [-0.3, -0.25) is 4.79 Å². The van der Waals surface area contributed by atoms with E-state index < -0.39 is 12.0 Å². The summed E-state index contributed by atoms with van der Waals surface area (Å²) in [7, 11) is 0. The third-order valence-corrected chi connectivity index (χ3v) is 5.94. The van der Waals surface area contributed by atoms with Gasteiger partial charge in [0.25, 0.3) is 0 Å². The second-order valence-electron chi connectivity index (χ2n) is 7.72. The SMILES string of the molecule is NC(=O)c1ccc(OCCNCC(O)COc2ccccc2-c2nnsc2-c2ccccc2)cc1. The molecule has 1 heterocycles. The number of nitrogens with two attached hydrogens (primary N) is 1. The Balaban J connectivity index is 1.26. The molecule has 0 spiro atoms. The number of hydrogen-bond donors (Lipinski definition) is 3. The molecule has 4 rings (SSSR count). The van der Waals surface area contributed by atoms with Crippen molar-refractivity contribution in [3.8, 4) is 33.2 Å². The molecule has 1 aromatic heterocycles. The Morgan fingerprint density at radius 3 is 2.51 bits per heavy atom. The van der Waals surface area contributed by atoms with Crippen LogP contribution in [0.1, 0.15) is 10.4 Å². The minimum atomic E-state index is -0.708. The van der Waals surface area contributed by atoms with Crippen molar-refractivity contribution < 1.29 is 19.4 Å². The first-order chi connectivity index (χ1) is 17.1. The zero-order valence-electron chi connectivity index (χ0n) is 19.0. The van der Waals surface area contributed by atoms with Crippen molar-refractivity contribution >= 4 is 17.4 Å². The molecule has 0 radical (unpaired) electrons. The summed E-state index contributed by atoms with van der Waals surface area (Å²) >= 11 is 1.34. The van der Waals surface area contributed by atoms with Gasteiger partial charge in [0.1, 0.15) is 36.5 Å². The topological polar surface area (TPSA) is 120 Å². The molecule has 0 aliphatic rings. The quantitative estimate of drug-likeness (QED) is 0.261. The molecule has 0 saturated heterocycles. The fourth-order valence-corrected chi connectivity index (χ4v) is 4.09. The van der Waals surface area contributed by atoms with Crippen molar-refractivity contribution in [2.45, 2.75) is 6.10 Å². The van der Waals surface area contributed by atoms with Gasteiger partial charge in [-0.15, -0.1) is 5.10 Å². The molecule has 1 amide bonds. The first-order valence-electron chi connectivity index (χ1n) is 11.1. The molecule has 4 aromatic rings. The zero-order chi connectivity index (χ0) is 24.5. The standard InChI is InChI=1S/C26H26N4O4S/c27-26(32)19-10-12-21(13-11-19)33-15-14-28-16-20(31)17-34-23-9-5-4-8-22(23)24-25(35-30-29-24)18-6-2-1-3-7-18/h1-13,20,28,31H,14-17H2,(H2,27,32). The van der Waals surface area contributed by atoms with Crippen molar-refractivity contribution in [2.24, 2.45) is 5.73 Å². The number of nitrogens with one attached hydrogen (secondary N) is 1. The number of hydrogen-bond acceptors (Lipinski definition) is 8. The largest absolute Gasteiger partial charge is 0.492 e. The number of carbonyl (C=O) groups is 1. The summed E-state index contributed by atoms with van der Waals surface area (Å²) in [6.45, 7) is 1.42. The Hall–Kier alpha value is -3.79. The maximum atomic E-state index is 11.1. The van der Waals surface area contributed by atoms with Gasteiger partial charge in [0.2, 0.25) is 5.91 Å². The lowest BCUT2D eigenvalue weighted by atomic mass is 10.1. The first-order valence-corrected chi connectivity index (χ1v) is 11.9. The van der Waals surface area contributed by atoms with Crippen LogP contribution in [0.3, 0.4) is 0 Å². The lowest BCUT2D eigenvalue weighted by molar-refractivity contribution is 0.1000. The van der Waals surface area contributed by atoms with Crippen molar-refractivity contribution in [1.29, 1.82) is 0 Å². The number of benzene rings is 3. The first kappa shape index (κ1) is 24.3. The fraction of sp³-hybridized carbons (Fsp3) is 0.192. The number of aliphatic hydroxyl groups is 1. The number of aliphatic hydroxyl groups excluding tert-OH is 1. The van der Waals surface area contributed by atoms with E-state index in [2.05, 4.69) is 14.9 Å². The molecule has 4 N–H and O–H groups in total. The molecular formula is C26H26N4O4S. The molecule has 0 saturated carbocycles. The highest BCUT2D eigenvalue weighted by Crippen LogP contribution is 2.37. The minimum absolute atomic E-state index is 0.123. The van der Waals surface area contributed by atoms with Gasteiger partial charge in [0, 0.05) is 24.2 Å². The van der Waals surface area contributed by atoms with E-state index in [1.54, 1.807) is 24.3 Å². The average Bonchev–Trinajstić information content (AvgIpc) is 3.38. The van der Waals surface area contributed by atoms with Crippen molar-refractivity contribution in [3.05, 3.63) is 84.4 Å². The van der Waals surface area contributed by atoms with Crippen LogP contribution >= 0.6 is 11.5 Å².